The topological polar surface area (TPSA) is 105 Å². The van der Waals surface area contributed by atoms with Crippen LogP contribution >= 0.6 is 51.9 Å². The summed E-state index contributed by atoms with van der Waals surface area (Å²) in [6.07, 6.45) is 0. The number of halogens is 3. The van der Waals surface area contributed by atoms with Crippen LogP contribution in [0.15, 0.2) is 39.8 Å². The average molecular weight is 506 g/mol. The van der Waals surface area contributed by atoms with Gasteiger partial charge in [-0.3, -0.25) is 4.79 Å². The van der Waals surface area contributed by atoms with Crippen molar-refractivity contribution in [1.29, 1.82) is 0 Å². The maximum atomic E-state index is 12.3. The fourth-order valence-electron chi connectivity index (χ4n) is 2.14. The van der Waals surface area contributed by atoms with Gasteiger partial charge in [0.25, 0.3) is 5.91 Å². The predicted molar refractivity (Wildman–Crippen MR) is 119 cm³/mol. The zero-order chi connectivity index (χ0) is 21.0. The van der Waals surface area contributed by atoms with E-state index in [0.717, 1.165) is 0 Å². The zero-order valence-corrected chi connectivity index (χ0v) is 18.8. The Morgan fingerprint density at radius 3 is 2.61 bits per heavy atom. The Morgan fingerprint density at radius 1 is 1.32 bits per heavy atom. The molecule has 2 aromatic rings. The summed E-state index contributed by atoms with van der Waals surface area (Å²) in [5.74, 6) is -0.530. The normalized spacial score (nSPS) is 12.1. The smallest absolute Gasteiger partial charge is 0.327 e. The van der Waals surface area contributed by atoms with Crippen LogP contribution in [0.4, 0.5) is 11.4 Å². The number of hydrogen-bond donors (Lipinski definition) is 5. The Bertz CT molecular complexity index is 982. The summed E-state index contributed by atoms with van der Waals surface area (Å²) in [4.78, 5) is 20.8. The molecule has 0 atom stereocenters. The first-order chi connectivity index (χ1) is 13.2. The van der Waals surface area contributed by atoms with Gasteiger partial charge in [0, 0.05) is 31.4 Å². The molecule has 0 bridgehead atoms. The van der Waals surface area contributed by atoms with Crippen LogP contribution in [-0.2, 0) is 0 Å². The van der Waals surface area contributed by atoms with Crippen molar-refractivity contribution in [3.63, 3.8) is 0 Å². The highest BCUT2D eigenvalue weighted by Gasteiger charge is 2.21. The molecule has 2 rings (SSSR count). The number of carbonyl (C=O) groups is 1. The molecular weight excluding hydrogens is 489 g/mol. The van der Waals surface area contributed by atoms with Gasteiger partial charge in [0.05, 0.1) is 10.6 Å². The van der Waals surface area contributed by atoms with Gasteiger partial charge in [0.2, 0.25) is 5.84 Å². The molecular formula is C17H17BrCl2N5O2S+. The molecule has 2 aromatic carbocycles. The molecule has 0 spiro atoms. The standard InChI is InChI=1S/C17H16BrCl2N5O2S/c1-25(2)17(27)12-8(18)6-7-11(14(12)26)22-15(21)16(24-28)23-10-5-3-4-9(19)13(10)20/h3-7,26,28H,1-2H3,(H2,21,22)(H,23,24)/p+1. The molecule has 1 amide bonds. The van der Waals surface area contributed by atoms with Gasteiger partial charge in [0.1, 0.15) is 16.4 Å². The number of nitrogens with two attached hydrogens (primary N) is 1. The van der Waals surface area contributed by atoms with Gasteiger partial charge in [-0.1, -0.05) is 29.3 Å². The van der Waals surface area contributed by atoms with Gasteiger partial charge in [-0.2, -0.15) is 0 Å². The molecule has 148 valence electrons. The molecule has 0 aromatic heterocycles. The predicted octanol–water partition coefficient (Wildman–Crippen LogP) is 2.40. The summed E-state index contributed by atoms with van der Waals surface area (Å²) in [6, 6.07) is 8.15. The third-order valence-corrected chi connectivity index (χ3v) is 5.25. The minimum absolute atomic E-state index is 0.0353. The maximum Gasteiger partial charge on any atom is 0.327 e. The number of aliphatic imine (C=N–C) groups is 1. The number of aromatic hydroxyl groups is 1. The minimum atomic E-state index is -0.389. The molecule has 0 aliphatic carbocycles. The number of nitrogens with zero attached hydrogens (tertiary/aromatic N) is 2. The number of amides is 1. The second kappa shape index (κ2) is 9.51. The van der Waals surface area contributed by atoms with Crippen molar-refractivity contribution in [2.45, 2.75) is 0 Å². The van der Waals surface area contributed by atoms with Crippen molar-refractivity contribution in [1.82, 2.24) is 9.62 Å². The Labute approximate surface area is 185 Å². The van der Waals surface area contributed by atoms with Crippen molar-refractivity contribution in [2.75, 3.05) is 14.1 Å². The van der Waals surface area contributed by atoms with E-state index in [1.54, 1.807) is 38.4 Å². The number of rotatable bonds is 3. The molecule has 0 unspecified atom stereocenters. The second-order valence-corrected chi connectivity index (χ2v) is 7.56. The first kappa shape index (κ1) is 22.4. The molecule has 11 heteroatoms. The lowest BCUT2D eigenvalue weighted by molar-refractivity contribution is -0.353. The Morgan fingerprint density at radius 2 is 2.00 bits per heavy atom. The number of nitrogens with one attached hydrogen (secondary N) is 2. The largest absolute Gasteiger partial charge is 0.505 e. The number of benzene rings is 2. The molecule has 0 saturated carbocycles. The molecule has 28 heavy (non-hydrogen) atoms. The van der Waals surface area contributed by atoms with Crippen LogP contribution in [0.25, 0.3) is 0 Å². The van der Waals surface area contributed by atoms with Crippen LogP contribution in [0.3, 0.4) is 0 Å². The molecule has 5 N–H and O–H groups in total. The van der Waals surface area contributed by atoms with Gasteiger partial charge >= 0.3 is 5.84 Å². The highest BCUT2D eigenvalue weighted by atomic mass is 79.9. The summed E-state index contributed by atoms with van der Waals surface area (Å²) in [5, 5.41) is 11.2. The van der Waals surface area contributed by atoms with Crippen LogP contribution in [-0.4, -0.2) is 41.7 Å². The first-order valence-electron chi connectivity index (χ1n) is 7.73. The van der Waals surface area contributed by atoms with E-state index in [9.17, 15) is 9.90 Å². The van der Waals surface area contributed by atoms with Crippen LogP contribution in [0, 0.1) is 0 Å². The number of carbonyl (C=O) groups excluding carboxylic acids is 1. The van der Waals surface area contributed by atoms with Crippen molar-refractivity contribution in [3.8, 4) is 5.75 Å². The number of hydrogen-bond acceptors (Lipinski definition) is 4. The summed E-state index contributed by atoms with van der Waals surface area (Å²) in [5.41, 5.74) is 6.69. The second-order valence-electron chi connectivity index (χ2n) is 5.70. The SMILES string of the molecule is CN(C)C(=O)c1c(Br)ccc(N=C(N)C(NS)=[NH+]c2cccc(Cl)c2Cl)c1O. The average Bonchev–Trinajstić information content (AvgIpc) is 2.65. The molecule has 0 aliphatic heterocycles. The lowest BCUT2D eigenvalue weighted by Gasteiger charge is -2.14. The molecule has 0 radical (unpaired) electrons. The van der Waals surface area contributed by atoms with Crippen LogP contribution in [0.2, 0.25) is 10.0 Å². The third-order valence-electron chi connectivity index (χ3n) is 3.55. The first-order valence-corrected chi connectivity index (χ1v) is 9.72. The van der Waals surface area contributed by atoms with E-state index in [2.05, 4.69) is 43.5 Å². The summed E-state index contributed by atoms with van der Waals surface area (Å²) in [6.45, 7) is 0. The molecule has 0 saturated heterocycles. The summed E-state index contributed by atoms with van der Waals surface area (Å²) in [7, 11) is 3.15. The third kappa shape index (κ3) is 4.91. The number of thiol groups is 1. The van der Waals surface area contributed by atoms with E-state index >= 15 is 0 Å². The number of phenols is 1. The van der Waals surface area contributed by atoms with Gasteiger partial charge in [-0.15, -0.1) is 0 Å². The maximum absolute atomic E-state index is 12.3. The summed E-state index contributed by atoms with van der Waals surface area (Å²) >= 11 is 19.4. The monoisotopic (exact) mass is 504 g/mol. The Kier molecular flexibility index (Phi) is 7.59. The van der Waals surface area contributed by atoms with E-state index < -0.39 is 0 Å². The van der Waals surface area contributed by atoms with Gasteiger partial charge < -0.3 is 15.7 Å². The fourth-order valence-corrected chi connectivity index (χ4v) is 3.15. The molecule has 0 aliphatic rings. The minimum Gasteiger partial charge on any atom is -0.505 e. The zero-order valence-electron chi connectivity index (χ0n) is 14.8. The Balaban J connectivity index is 2.51. The fraction of sp³-hybridized carbons (Fsp3) is 0.118. The van der Waals surface area contributed by atoms with Gasteiger partial charge in [-0.25, -0.2) is 14.7 Å². The van der Waals surface area contributed by atoms with Crippen LogP contribution in [0.1, 0.15) is 10.4 Å². The lowest BCUT2D eigenvalue weighted by Crippen LogP contribution is -2.72. The van der Waals surface area contributed by atoms with E-state index in [0.29, 0.717) is 20.2 Å². The van der Waals surface area contributed by atoms with E-state index in [1.807, 2.05) is 0 Å². The lowest BCUT2D eigenvalue weighted by atomic mass is 10.1. The van der Waals surface area contributed by atoms with Gasteiger partial charge in [-0.05, 0) is 40.2 Å². The summed E-state index contributed by atoms with van der Waals surface area (Å²) < 4.78 is 3.01. The van der Waals surface area contributed by atoms with Crippen molar-refractivity contribution in [3.05, 3.63) is 50.4 Å². The van der Waals surface area contributed by atoms with E-state index in [4.69, 9.17) is 28.9 Å². The number of amidine groups is 2. The highest BCUT2D eigenvalue weighted by Crippen LogP contribution is 2.36. The number of phenolic OH excluding ortho intramolecular Hbond substituents is 1. The highest BCUT2D eigenvalue weighted by molar-refractivity contribution is 9.10. The van der Waals surface area contributed by atoms with E-state index in [1.165, 1.54) is 11.0 Å². The molecule has 7 nitrogen and oxygen atoms in total. The molecule has 0 heterocycles. The Hall–Kier alpha value is -1.94. The van der Waals surface area contributed by atoms with Crippen LogP contribution < -0.4 is 15.4 Å². The van der Waals surface area contributed by atoms with Crippen molar-refractivity contribution in [2.24, 2.45) is 10.7 Å². The quantitative estimate of drug-likeness (QED) is 0.251. The van der Waals surface area contributed by atoms with E-state index in [-0.39, 0.29) is 34.6 Å². The van der Waals surface area contributed by atoms with Crippen molar-refractivity contribution >= 4 is 80.9 Å². The van der Waals surface area contributed by atoms with Crippen LogP contribution in [0.5, 0.6) is 5.75 Å². The van der Waals surface area contributed by atoms with Gasteiger partial charge in [0.15, 0.2) is 5.75 Å². The van der Waals surface area contributed by atoms with Crippen molar-refractivity contribution < 1.29 is 14.9 Å². The molecule has 0 fully saturated rings.